The van der Waals surface area contributed by atoms with Gasteiger partial charge in [-0.1, -0.05) is 6.07 Å². The molecule has 1 aliphatic rings. The minimum atomic E-state index is -3.52. The normalized spacial score (nSPS) is 16.6. The lowest BCUT2D eigenvalue weighted by molar-refractivity contribution is 0.297. The molecule has 1 aromatic carbocycles. The predicted molar refractivity (Wildman–Crippen MR) is 85.4 cm³/mol. The molecule has 0 bridgehead atoms. The van der Waals surface area contributed by atoms with E-state index in [4.69, 9.17) is 9.47 Å². The van der Waals surface area contributed by atoms with E-state index in [0.29, 0.717) is 24.7 Å². The summed E-state index contributed by atoms with van der Waals surface area (Å²) in [5.74, 6) is 1.37. The largest absolute Gasteiger partial charge is 0.490 e. The highest BCUT2D eigenvalue weighted by atomic mass is 32.2. The van der Waals surface area contributed by atoms with Gasteiger partial charge in [0, 0.05) is 25.6 Å². The molecular weight excluding hydrogens is 304 g/mol. The average Bonchev–Trinajstić information content (AvgIpc) is 2.70. The van der Waals surface area contributed by atoms with Gasteiger partial charge < -0.3 is 9.47 Å². The van der Waals surface area contributed by atoms with E-state index in [1.807, 2.05) is 39.0 Å². The molecule has 7 heteroatoms. The van der Waals surface area contributed by atoms with Crippen LogP contribution in [0.25, 0.3) is 0 Å². The summed E-state index contributed by atoms with van der Waals surface area (Å²) in [6.45, 7) is 6.71. The molecule has 1 aliphatic heterocycles. The second-order valence-electron chi connectivity index (χ2n) is 5.71. The van der Waals surface area contributed by atoms with Gasteiger partial charge in [0.05, 0.1) is 13.2 Å². The number of fused-ring (bicyclic) bond motifs is 1. The van der Waals surface area contributed by atoms with Crippen LogP contribution in [-0.4, -0.2) is 39.0 Å². The summed E-state index contributed by atoms with van der Waals surface area (Å²) in [5, 5.41) is 0. The fraction of sp³-hybridized carbons (Fsp3) is 0.600. The predicted octanol–water partition coefficient (Wildman–Crippen LogP) is 2.08. The van der Waals surface area contributed by atoms with Crippen molar-refractivity contribution in [2.75, 3.05) is 20.3 Å². The summed E-state index contributed by atoms with van der Waals surface area (Å²) >= 11 is 0. The van der Waals surface area contributed by atoms with Crippen molar-refractivity contribution >= 4 is 10.2 Å². The van der Waals surface area contributed by atoms with Crippen molar-refractivity contribution in [1.82, 2.24) is 9.03 Å². The quantitative estimate of drug-likeness (QED) is 0.898. The molecule has 124 valence electrons. The standard InChI is InChI=1S/C15H24N2O4S/c1-11(2)17(4)22(18,19)16-12(3)13-6-7-14-15(10-13)21-9-5-8-20-14/h6-7,10-12,16H,5,8-9H2,1-4H3. The van der Waals surface area contributed by atoms with Crippen LogP contribution >= 0.6 is 0 Å². The minimum Gasteiger partial charge on any atom is -0.490 e. The zero-order valence-electron chi connectivity index (χ0n) is 13.5. The maximum Gasteiger partial charge on any atom is 0.279 e. The first-order valence-electron chi connectivity index (χ1n) is 7.46. The molecule has 0 aliphatic carbocycles. The fourth-order valence-electron chi connectivity index (χ4n) is 2.10. The third kappa shape index (κ3) is 3.91. The summed E-state index contributed by atoms with van der Waals surface area (Å²) in [7, 11) is -1.96. The second-order valence-corrected chi connectivity index (χ2v) is 7.47. The SMILES string of the molecule is CC(NS(=O)(=O)N(C)C(C)C)c1ccc2c(c1)OCCCO2. The molecule has 0 saturated carbocycles. The number of nitrogens with one attached hydrogen (secondary N) is 1. The third-order valence-electron chi connectivity index (χ3n) is 3.70. The Labute approximate surface area is 132 Å². The highest BCUT2D eigenvalue weighted by molar-refractivity contribution is 7.87. The highest BCUT2D eigenvalue weighted by Gasteiger charge is 2.23. The Kier molecular flexibility index (Phi) is 5.31. The smallest absolute Gasteiger partial charge is 0.279 e. The Bertz CT molecular complexity index is 616. The molecule has 0 saturated heterocycles. The van der Waals surface area contributed by atoms with Crippen LogP contribution in [0.5, 0.6) is 11.5 Å². The van der Waals surface area contributed by atoms with E-state index in [-0.39, 0.29) is 12.1 Å². The Morgan fingerprint density at radius 3 is 2.41 bits per heavy atom. The van der Waals surface area contributed by atoms with Crippen LogP contribution in [0.1, 0.15) is 38.8 Å². The van der Waals surface area contributed by atoms with Crippen LogP contribution in [0.3, 0.4) is 0 Å². The first kappa shape index (κ1) is 17.1. The molecule has 0 fully saturated rings. The Morgan fingerprint density at radius 2 is 1.77 bits per heavy atom. The van der Waals surface area contributed by atoms with Gasteiger partial charge in [-0.25, -0.2) is 0 Å². The van der Waals surface area contributed by atoms with E-state index in [1.54, 1.807) is 7.05 Å². The van der Waals surface area contributed by atoms with E-state index in [0.717, 1.165) is 12.0 Å². The second kappa shape index (κ2) is 6.85. The number of rotatable bonds is 5. The van der Waals surface area contributed by atoms with E-state index in [2.05, 4.69) is 4.72 Å². The fourth-order valence-corrected chi connectivity index (χ4v) is 3.41. The molecule has 0 spiro atoms. The summed E-state index contributed by atoms with van der Waals surface area (Å²) in [6.07, 6.45) is 0.839. The summed E-state index contributed by atoms with van der Waals surface area (Å²) in [4.78, 5) is 0. The Morgan fingerprint density at radius 1 is 1.14 bits per heavy atom. The minimum absolute atomic E-state index is 0.103. The molecule has 1 heterocycles. The van der Waals surface area contributed by atoms with Gasteiger partial charge in [0.2, 0.25) is 0 Å². The van der Waals surface area contributed by atoms with E-state index in [1.165, 1.54) is 4.31 Å². The van der Waals surface area contributed by atoms with E-state index < -0.39 is 10.2 Å². The van der Waals surface area contributed by atoms with Crippen LogP contribution in [-0.2, 0) is 10.2 Å². The first-order chi connectivity index (χ1) is 10.3. The topological polar surface area (TPSA) is 67.9 Å². The molecule has 2 rings (SSSR count). The van der Waals surface area contributed by atoms with Gasteiger partial charge in [0.25, 0.3) is 10.2 Å². The van der Waals surface area contributed by atoms with Gasteiger partial charge in [0.1, 0.15) is 0 Å². The number of hydrogen-bond donors (Lipinski definition) is 1. The van der Waals surface area contributed by atoms with Gasteiger partial charge in [-0.05, 0) is 38.5 Å². The lowest BCUT2D eigenvalue weighted by Gasteiger charge is -2.24. The van der Waals surface area contributed by atoms with Crippen LogP contribution in [0.2, 0.25) is 0 Å². The Hall–Kier alpha value is -1.31. The van der Waals surface area contributed by atoms with Crippen LogP contribution in [0, 0.1) is 0 Å². The molecule has 1 atom stereocenters. The number of benzene rings is 1. The highest BCUT2D eigenvalue weighted by Crippen LogP contribution is 2.32. The zero-order valence-corrected chi connectivity index (χ0v) is 14.3. The Balaban J connectivity index is 2.16. The average molecular weight is 328 g/mol. The van der Waals surface area contributed by atoms with Crippen molar-refractivity contribution in [3.63, 3.8) is 0 Å². The number of ether oxygens (including phenoxy) is 2. The molecule has 0 amide bonds. The number of nitrogens with zero attached hydrogens (tertiary/aromatic N) is 1. The summed E-state index contributed by atoms with van der Waals surface area (Å²) in [5.41, 5.74) is 0.838. The van der Waals surface area contributed by atoms with Gasteiger partial charge in [-0.15, -0.1) is 0 Å². The maximum absolute atomic E-state index is 12.3. The van der Waals surface area contributed by atoms with E-state index >= 15 is 0 Å². The molecule has 1 unspecified atom stereocenters. The van der Waals surface area contributed by atoms with Crippen LogP contribution in [0.4, 0.5) is 0 Å². The number of hydrogen-bond acceptors (Lipinski definition) is 4. The van der Waals surface area contributed by atoms with Crippen molar-refractivity contribution < 1.29 is 17.9 Å². The van der Waals surface area contributed by atoms with Gasteiger partial charge in [0.15, 0.2) is 11.5 Å². The molecule has 1 N–H and O–H groups in total. The molecule has 0 aromatic heterocycles. The molecule has 0 radical (unpaired) electrons. The summed E-state index contributed by atoms with van der Waals surface area (Å²) < 4.78 is 39.7. The monoisotopic (exact) mass is 328 g/mol. The van der Waals surface area contributed by atoms with Crippen molar-refractivity contribution in [1.29, 1.82) is 0 Å². The lowest BCUT2D eigenvalue weighted by atomic mass is 10.1. The molecule has 6 nitrogen and oxygen atoms in total. The third-order valence-corrected chi connectivity index (χ3v) is 5.53. The van der Waals surface area contributed by atoms with Gasteiger partial charge >= 0.3 is 0 Å². The van der Waals surface area contributed by atoms with Crippen molar-refractivity contribution in [2.24, 2.45) is 0 Å². The lowest BCUT2D eigenvalue weighted by Crippen LogP contribution is -2.42. The van der Waals surface area contributed by atoms with Gasteiger partial charge in [-0.2, -0.15) is 17.4 Å². The van der Waals surface area contributed by atoms with Crippen LogP contribution < -0.4 is 14.2 Å². The van der Waals surface area contributed by atoms with E-state index in [9.17, 15) is 8.42 Å². The maximum atomic E-state index is 12.3. The van der Waals surface area contributed by atoms with Crippen molar-refractivity contribution in [3.8, 4) is 11.5 Å². The van der Waals surface area contributed by atoms with Crippen molar-refractivity contribution in [2.45, 2.75) is 39.3 Å². The first-order valence-corrected chi connectivity index (χ1v) is 8.90. The zero-order chi connectivity index (χ0) is 16.3. The molecular formula is C15H24N2O4S. The van der Waals surface area contributed by atoms with Gasteiger partial charge in [-0.3, -0.25) is 0 Å². The molecule has 1 aromatic rings. The summed E-state index contributed by atoms with van der Waals surface area (Å²) in [6, 6.07) is 5.06. The van der Waals surface area contributed by atoms with Crippen molar-refractivity contribution in [3.05, 3.63) is 23.8 Å². The van der Waals surface area contributed by atoms with Crippen LogP contribution in [0.15, 0.2) is 18.2 Å². The molecule has 22 heavy (non-hydrogen) atoms.